The second-order valence-electron chi connectivity index (χ2n) is 7.18. The van der Waals surface area contributed by atoms with Crippen molar-refractivity contribution >= 4 is 10.1 Å². The first-order valence-electron chi connectivity index (χ1n) is 10.5. The van der Waals surface area contributed by atoms with Crippen molar-refractivity contribution in [1.82, 2.24) is 0 Å². The number of hydrogen-bond donors (Lipinski definition) is 1. The largest absolute Gasteiger partial charge is 0.493 e. The van der Waals surface area contributed by atoms with E-state index in [9.17, 15) is 8.42 Å². The lowest BCUT2D eigenvalue weighted by Gasteiger charge is -2.17. The molecule has 0 aromatic heterocycles. The number of hydrogen-bond acceptors (Lipinski definition) is 4. The standard InChI is InChI=1S/C24H32O5S/c1-2-3-4-5-6-10-18-28-22-16-13-17-23(24(22)21-14-8-7-9-15-21)29-19-11-12-20-30(25,26)27/h2,7-9,13-17H,1,3-6,10-12,18-20H2,(H,25,26,27). The Labute approximate surface area is 180 Å². The molecule has 0 radical (unpaired) electrons. The average molecular weight is 433 g/mol. The molecule has 0 unspecified atom stereocenters. The lowest BCUT2D eigenvalue weighted by atomic mass is 10.0. The Morgan fingerprint density at radius 2 is 1.40 bits per heavy atom. The van der Waals surface area contributed by atoms with Crippen molar-refractivity contribution < 1.29 is 22.4 Å². The van der Waals surface area contributed by atoms with Crippen molar-refractivity contribution in [2.45, 2.75) is 44.9 Å². The van der Waals surface area contributed by atoms with Gasteiger partial charge in [0.1, 0.15) is 11.5 Å². The molecule has 5 nitrogen and oxygen atoms in total. The van der Waals surface area contributed by atoms with Crippen LogP contribution in [0.15, 0.2) is 61.2 Å². The summed E-state index contributed by atoms with van der Waals surface area (Å²) in [4.78, 5) is 0. The van der Waals surface area contributed by atoms with E-state index >= 15 is 0 Å². The highest BCUT2D eigenvalue weighted by atomic mass is 32.2. The molecule has 6 heteroatoms. The zero-order valence-corrected chi connectivity index (χ0v) is 18.3. The van der Waals surface area contributed by atoms with Gasteiger partial charge in [-0.1, -0.05) is 55.3 Å². The van der Waals surface area contributed by atoms with Crippen LogP contribution in [0.1, 0.15) is 44.9 Å². The summed E-state index contributed by atoms with van der Waals surface area (Å²) in [6.45, 7) is 4.76. The van der Waals surface area contributed by atoms with Crippen LogP contribution in [0.2, 0.25) is 0 Å². The zero-order valence-electron chi connectivity index (χ0n) is 17.5. The minimum absolute atomic E-state index is 0.252. The van der Waals surface area contributed by atoms with Crippen LogP contribution in [-0.2, 0) is 10.1 Å². The maximum Gasteiger partial charge on any atom is 0.264 e. The van der Waals surface area contributed by atoms with Gasteiger partial charge in [0.05, 0.1) is 24.5 Å². The van der Waals surface area contributed by atoms with E-state index in [0.717, 1.165) is 36.1 Å². The summed E-state index contributed by atoms with van der Waals surface area (Å²) in [7, 11) is -3.93. The van der Waals surface area contributed by atoms with Crippen LogP contribution < -0.4 is 9.47 Å². The molecule has 30 heavy (non-hydrogen) atoms. The van der Waals surface area contributed by atoms with E-state index < -0.39 is 10.1 Å². The third-order valence-electron chi connectivity index (χ3n) is 4.66. The van der Waals surface area contributed by atoms with E-state index in [0.29, 0.717) is 31.8 Å². The van der Waals surface area contributed by atoms with Crippen LogP contribution >= 0.6 is 0 Å². The van der Waals surface area contributed by atoms with Crippen LogP contribution in [0.3, 0.4) is 0 Å². The summed E-state index contributed by atoms with van der Waals surface area (Å²) in [5, 5.41) is 0. The van der Waals surface area contributed by atoms with E-state index in [-0.39, 0.29) is 5.75 Å². The van der Waals surface area contributed by atoms with Crippen molar-refractivity contribution in [1.29, 1.82) is 0 Å². The van der Waals surface area contributed by atoms with E-state index in [2.05, 4.69) is 6.58 Å². The molecule has 0 heterocycles. The van der Waals surface area contributed by atoms with Crippen molar-refractivity contribution in [3.8, 4) is 22.6 Å². The summed E-state index contributed by atoms with van der Waals surface area (Å²) in [5.74, 6) is 1.23. The van der Waals surface area contributed by atoms with Gasteiger partial charge in [-0.2, -0.15) is 8.42 Å². The molecule has 2 rings (SSSR count). The third-order valence-corrected chi connectivity index (χ3v) is 5.47. The Hall–Kier alpha value is -2.31. The minimum atomic E-state index is -3.93. The van der Waals surface area contributed by atoms with Crippen LogP contribution in [0, 0.1) is 0 Å². The van der Waals surface area contributed by atoms with Crippen molar-refractivity contribution in [3.05, 3.63) is 61.2 Å². The van der Waals surface area contributed by atoms with Gasteiger partial charge in [-0.25, -0.2) is 0 Å². The van der Waals surface area contributed by atoms with Gasteiger partial charge >= 0.3 is 0 Å². The number of allylic oxidation sites excluding steroid dienone is 1. The molecule has 0 aliphatic heterocycles. The zero-order chi connectivity index (χ0) is 21.7. The van der Waals surface area contributed by atoms with Gasteiger partial charge in [-0.15, -0.1) is 6.58 Å². The van der Waals surface area contributed by atoms with Gasteiger partial charge in [0.15, 0.2) is 0 Å². The Kier molecular flexibility index (Phi) is 10.5. The van der Waals surface area contributed by atoms with E-state index in [1.54, 1.807) is 0 Å². The molecule has 0 saturated carbocycles. The molecule has 0 aliphatic rings. The maximum absolute atomic E-state index is 10.8. The minimum Gasteiger partial charge on any atom is -0.493 e. The molecule has 0 atom stereocenters. The highest BCUT2D eigenvalue weighted by molar-refractivity contribution is 7.85. The van der Waals surface area contributed by atoms with Gasteiger partial charge in [0.2, 0.25) is 0 Å². The molecule has 2 aromatic rings. The summed E-state index contributed by atoms with van der Waals surface area (Å²) in [6, 6.07) is 15.7. The van der Waals surface area contributed by atoms with Gasteiger partial charge in [0, 0.05) is 0 Å². The Morgan fingerprint density at radius 3 is 2.00 bits per heavy atom. The Balaban J connectivity index is 2.00. The van der Waals surface area contributed by atoms with Crippen LogP contribution in [-0.4, -0.2) is 31.9 Å². The fraction of sp³-hybridized carbons (Fsp3) is 0.417. The third kappa shape index (κ3) is 9.01. The van der Waals surface area contributed by atoms with Gasteiger partial charge < -0.3 is 9.47 Å². The van der Waals surface area contributed by atoms with Gasteiger partial charge in [-0.05, 0) is 49.8 Å². The molecule has 0 amide bonds. The molecule has 0 saturated heterocycles. The van der Waals surface area contributed by atoms with Crippen molar-refractivity contribution in [3.63, 3.8) is 0 Å². The van der Waals surface area contributed by atoms with Crippen molar-refractivity contribution in [2.24, 2.45) is 0 Å². The Morgan fingerprint density at radius 1 is 0.800 bits per heavy atom. The topological polar surface area (TPSA) is 72.8 Å². The number of unbranched alkanes of at least 4 members (excludes halogenated alkanes) is 5. The first kappa shape index (κ1) is 24.0. The first-order chi connectivity index (χ1) is 14.5. The fourth-order valence-electron chi connectivity index (χ4n) is 3.14. The molecule has 0 bridgehead atoms. The fourth-order valence-corrected chi connectivity index (χ4v) is 3.70. The maximum atomic E-state index is 10.8. The molecule has 0 aliphatic carbocycles. The molecule has 2 aromatic carbocycles. The highest BCUT2D eigenvalue weighted by Gasteiger charge is 2.13. The summed E-state index contributed by atoms with van der Waals surface area (Å²) < 4.78 is 42.6. The number of rotatable bonds is 15. The molecule has 1 N–H and O–H groups in total. The molecule has 0 fully saturated rings. The van der Waals surface area contributed by atoms with Crippen LogP contribution in [0.4, 0.5) is 0 Å². The second-order valence-corrected chi connectivity index (χ2v) is 8.75. The molecular formula is C24H32O5S. The second kappa shape index (κ2) is 13.1. The van der Waals surface area contributed by atoms with Gasteiger partial charge in [0.25, 0.3) is 10.1 Å². The number of ether oxygens (including phenoxy) is 2. The van der Waals surface area contributed by atoms with Crippen molar-refractivity contribution in [2.75, 3.05) is 19.0 Å². The number of benzene rings is 2. The SMILES string of the molecule is C=CCCCCCCOc1cccc(OCCCCS(=O)(=O)O)c1-c1ccccc1. The smallest absolute Gasteiger partial charge is 0.264 e. The quantitative estimate of drug-likeness (QED) is 0.215. The average Bonchev–Trinajstić information content (AvgIpc) is 2.73. The Bertz CT molecular complexity index is 862. The van der Waals surface area contributed by atoms with E-state index in [1.807, 2.05) is 54.6 Å². The molecule has 164 valence electrons. The summed E-state index contributed by atoms with van der Waals surface area (Å²) in [5.41, 5.74) is 1.91. The predicted octanol–water partition coefficient (Wildman–Crippen LogP) is 5.92. The highest BCUT2D eigenvalue weighted by Crippen LogP contribution is 2.38. The first-order valence-corrected chi connectivity index (χ1v) is 12.1. The van der Waals surface area contributed by atoms with Gasteiger partial charge in [-0.3, -0.25) is 4.55 Å². The molecular weight excluding hydrogens is 400 g/mol. The lowest BCUT2D eigenvalue weighted by molar-refractivity contribution is 0.294. The van der Waals surface area contributed by atoms with Crippen LogP contribution in [0.5, 0.6) is 11.5 Å². The molecule has 0 spiro atoms. The van der Waals surface area contributed by atoms with E-state index in [1.165, 1.54) is 12.8 Å². The normalized spacial score (nSPS) is 11.2. The monoisotopic (exact) mass is 432 g/mol. The van der Waals surface area contributed by atoms with E-state index in [4.69, 9.17) is 14.0 Å². The lowest BCUT2D eigenvalue weighted by Crippen LogP contribution is -2.07. The predicted molar refractivity (Wildman–Crippen MR) is 122 cm³/mol. The summed E-state index contributed by atoms with van der Waals surface area (Å²) >= 11 is 0. The summed E-state index contributed by atoms with van der Waals surface area (Å²) in [6.07, 6.45) is 8.35. The van der Waals surface area contributed by atoms with Crippen LogP contribution in [0.25, 0.3) is 11.1 Å².